The number of phenolic OH excluding ortho intramolecular Hbond substituents is 1. The quantitative estimate of drug-likeness (QED) is 0.556. The van der Waals surface area contributed by atoms with Crippen molar-refractivity contribution in [2.45, 2.75) is 6.92 Å². The summed E-state index contributed by atoms with van der Waals surface area (Å²) in [7, 11) is 0. The van der Waals surface area contributed by atoms with Crippen LogP contribution in [0, 0.1) is 28.4 Å². The molecule has 9 nitrogen and oxygen atoms in total. The number of aromatic nitrogens is 2. The van der Waals surface area contributed by atoms with E-state index in [-0.39, 0.29) is 39.2 Å². The van der Waals surface area contributed by atoms with Crippen molar-refractivity contribution in [1.29, 1.82) is 5.26 Å². The van der Waals surface area contributed by atoms with Crippen LogP contribution in [0.25, 0.3) is 11.3 Å². The maximum Gasteiger partial charge on any atom is 0.315 e. The lowest BCUT2D eigenvalue weighted by Crippen LogP contribution is -2.05. The van der Waals surface area contributed by atoms with E-state index in [1.165, 1.54) is 13.0 Å². The fourth-order valence-corrected chi connectivity index (χ4v) is 2.13. The second kappa shape index (κ2) is 5.34. The van der Waals surface area contributed by atoms with Crippen LogP contribution in [0.4, 0.5) is 17.5 Å². The van der Waals surface area contributed by atoms with Crippen molar-refractivity contribution >= 4 is 29.1 Å². The minimum atomic E-state index is -0.778. The molecule has 1 aromatic carbocycles. The van der Waals surface area contributed by atoms with E-state index in [2.05, 4.69) is 9.97 Å². The topological polar surface area (TPSA) is 165 Å². The van der Waals surface area contributed by atoms with Crippen LogP contribution in [0.5, 0.6) is 5.75 Å². The van der Waals surface area contributed by atoms with E-state index in [9.17, 15) is 15.2 Å². The van der Waals surface area contributed by atoms with Crippen molar-refractivity contribution in [2.24, 2.45) is 0 Å². The fourth-order valence-electron chi connectivity index (χ4n) is 1.93. The lowest BCUT2D eigenvalue weighted by molar-refractivity contribution is -0.386. The molecule has 0 saturated carbocycles. The minimum Gasteiger partial charge on any atom is -0.502 e. The molecular weight excluding hydrogens is 312 g/mol. The number of nitrogen functional groups attached to an aromatic ring is 2. The first-order valence-electron chi connectivity index (χ1n) is 5.77. The Bertz CT molecular complexity index is 846. The molecule has 10 heteroatoms. The summed E-state index contributed by atoms with van der Waals surface area (Å²) in [5.41, 5.74) is 10.1. The predicted octanol–water partition coefficient (Wildman–Crippen LogP) is 1.76. The van der Waals surface area contributed by atoms with E-state index < -0.39 is 16.4 Å². The molecule has 0 aliphatic rings. The molecule has 0 amide bonds. The molecule has 0 aliphatic heterocycles. The summed E-state index contributed by atoms with van der Waals surface area (Å²) in [6.07, 6.45) is 0. The normalized spacial score (nSPS) is 10.2. The van der Waals surface area contributed by atoms with Gasteiger partial charge in [-0.05, 0) is 13.0 Å². The van der Waals surface area contributed by atoms with Crippen LogP contribution in [0.2, 0.25) is 5.02 Å². The van der Waals surface area contributed by atoms with Gasteiger partial charge in [0.25, 0.3) is 0 Å². The van der Waals surface area contributed by atoms with Crippen LogP contribution in [-0.2, 0) is 0 Å². The Hall–Kier alpha value is -3.12. The molecule has 0 unspecified atom stereocenters. The fraction of sp³-hybridized carbons (Fsp3) is 0.0833. The Morgan fingerprint density at radius 3 is 2.64 bits per heavy atom. The summed E-state index contributed by atoms with van der Waals surface area (Å²) in [6.45, 7) is 1.39. The van der Waals surface area contributed by atoms with Crippen LogP contribution in [-0.4, -0.2) is 20.0 Å². The van der Waals surface area contributed by atoms with E-state index in [1.54, 1.807) is 6.07 Å². The van der Waals surface area contributed by atoms with Crippen molar-refractivity contribution in [2.75, 3.05) is 11.5 Å². The van der Waals surface area contributed by atoms with Gasteiger partial charge in [-0.2, -0.15) is 10.2 Å². The second-order valence-electron chi connectivity index (χ2n) is 4.29. The van der Waals surface area contributed by atoms with Gasteiger partial charge in [-0.3, -0.25) is 10.1 Å². The van der Waals surface area contributed by atoms with Crippen LogP contribution >= 0.6 is 11.6 Å². The first-order chi connectivity index (χ1) is 10.3. The van der Waals surface area contributed by atoms with Crippen molar-refractivity contribution in [3.8, 4) is 23.1 Å². The molecule has 1 aromatic heterocycles. The maximum absolute atomic E-state index is 11.1. The highest BCUT2D eigenvalue weighted by Crippen LogP contribution is 2.43. The smallest absolute Gasteiger partial charge is 0.315 e. The highest BCUT2D eigenvalue weighted by molar-refractivity contribution is 6.32. The molecule has 112 valence electrons. The number of phenols is 1. The van der Waals surface area contributed by atoms with E-state index in [0.717, 1.165) is 0 Å². The van der Waals surface area contributed by atoms with Gasteiger partial charge < -0.3 is 16.6 Å². The van der Waals surface area contributed by atoms with Crippen molar-refractivity contribution in [3.63, 3.8) is 0 Å². The molecule has 0 spiro atoms. The number of anilines is 2. The maximum atomic E-state index is 11.1. The summed E-state index contributed by atoms with van der Waals surface area (Å²) in [4.78, 5) is 17.8. The minimum absolute atomic E-state index is 0.0270. The Kier molecular flexibility index (Phi) is 3.71. The number of nitrogens with two attached hydrogens (primary N) is 2. The summed E-state index contributed by atoms with van der Waals surface area (Å²) in [6, 6.07) is 3.02. The molecule has 0 fully saturated rings. The molecule has 0 aliphatic carbocycles. The third-order valence-corrected chi connectivity index (χ3v) is 3.36. The third kappa shape index (κ3) is 2.32. The van der Waals surface area contributed by atoms with Gasteiger partial charge in [-0.25, -0.2) is 4.98 Å². The zero-order chi connectivity index (χ0) is 16.6. The molecule has 0 atom stereocenters. The molecule has 1 heterocycles. The Morgan fingerprint density at radius 1 is 1.45 bits per heavy atom. The van der Waals surface area contributed by atoms with Gasteiger partial charge >= 0.3 is 5.69 Å². The number of aromatic hydroxyl groups is 1. The number of rotatable bonds is 2. The van der Waals surface area contributed by atoms with Crippen LogP contribution in [0.15, 0.2) is 6.07 Å². The highest BCUT2D eigenvalue weighted by Gasteiger charge is 2.27. The number of hydrogen-bond acceptors (Lipinski definition) is 8. The van der Waals surface area contributed by atoms with E-state index in [4.69, 9.17) is 28.3 Å². The molecule has 5 N–H and O–H groups in total. The Morgan fingerprint density at radius 2 is 2.09 bits per heavy atom. The molecule has 0 bridgehead atoms. The second-order valence-corrected chi connectivity index (χ2v) is 4.69. The summed E-state index contributed by atoms with van der Waals surface area (Å²) in [5, 5.41) is 30.4. The first kappa shape index (κ1) is 15.3. The Balaban J connectivity index is 2.91. The Labute approximate surface area is 128 Å². The molecule has 0 radical (unpaired) electrons. The predicted molar refractivity (Wildman–Crippen MR) is 79.1 cm³/mol. The van der Waals surface area contributed by atoms with E-state index in [1.807, 2.05) is 0 Å². The zero-order valence-corrected chi connectivity index (χ0v) is 11.9. The van der Waals surface area contributed by atoms with Crippen LogP contribution < -0.4 is 11.5 Å². The number of halogens is 1. The summed E-state index contributed by atoms with van der Waals surface area (Å²) in [5.74, 6) is -1.13. The number of nitro benzene ring substituents is 1. The monoisotopic (exact) mass is 320 g/mol. The van der Waals surface area contributed by atoms with Crippen LogP contribution in [0.3, 0.4) is 0 Å². The van der Waals surface area contributed by atoms with Crippen LogP contribution in [0.1, 0.15) is 11.1 Å². The molecule has 2 aromatic rings. The molecular formula is C12H9ClN6O3. The van der Waals surface area contributed by atoms with Gasteiger partial charge in [0.1, 0.15) is 17.5 Å². The van der Waals surface area contributed by atoms with Gasteiger partial charge in [0, 0.05) is 5.56 Å². The van der Waals surface area contributed by atoms with E-state index >= 15 is 0 Å². The molecule has 22 heavy (non-hydrogen) atoms. The number of nitrogens with zero attached hydrogens (tertiary/aromatic N) is 4. The number of benzene rings is 1. The summed E-state index contributed by atoms with van der Waals surface area (Å²) >= 11 is 5.96. The third-order valence-electron chi connectivity index (χ3n) is 2.97. The average Bonchev–Trinajstić information content (AvgIpc) is 2.42. The van der Waals surface area contributed by atoms with Crippen molar-refractivity contribution < 1.29 is 10.0 Å². The first-order valence-corrected chi connectivity index (χ1v) is 6.15. The van der Waals surface area contributed by atoms with Gasteiger partial charge in [-0.1, -0.05) is 11.6 Å². The lowest BCUT2D eigenvalue weighted by atomic mass is 10.0. The van der Waals surface area contributed by atoms with Gasteiger partial charge in [0.2, 0.25) is 11.7 Å². The van der Waals surface area contributed by atoms with Crippen molar-refractivity contribution in [3.05, 3.63) is 32.3 Å². The number of nitro groups is 1. The van der Waals surface area contributed by atoms with Gasteiger partial charge in [0.15, 0.2) is 0 Å². The lowest BCUT2D eigenvalue weighted by Gasteiger charge is -2.11. The van der Waals surface area contributed by atoms with Crippen molar-refractivity contribution in [1.82, 2.24) is 9.97 Å². The highest BCUT2D eigenvalue weighted by atomic mass is 35.5. The summed E-state index contributed by atoms with van der Waals surface area (Å²) < 4.78 is 0. The number of hydrogen-bond donors (Lipinski definition) is 3. The molecule has 0 saturated heterocycles. The SMILES string of the molecule is Cc1c(Cl)cc(-c2nc(N)nc(N)c2C#N)c(O)c1[N+](=O)[O-]. The van der Waals surface area contributed by atoms with Gasteiger partial charge in [-0.15, -0.1) is 0 Å². The largest absolute Gasteiger partial charge is 0.502 e. The molecule has 2 rings (SSSR count). The standard InChI is InChI=1S/C12H9ClN6O3/c1-4-7(13)2-5(10(20)9(4)19(21)22)8-6(3-14)11(15)18-12(16)17-8/h2,20H,1H3,(H4,15,16,17,18). The average molecular weight is 321 g/mol. The van der Waals surface area contributed by atoms with Gasteiger partial charge in [0.05, 0.1) is 21.2 Å². The zero-order valence-electron chi connectivity index (χ0n) is 11.2. The van der Waals surface area contributed by atoms with E-state index in [0.29, 0.717) is 0 Å². The number of nitriles is 1.